The summed E-state index contributed by atoms with van der Waals surface area (Å²) in [6.45, 7) is 15.7. The number of fused-ring (bicyclic) bond motifs is 3. The summed E-state index contributed by atoms with van der Waals surface area (Å²) < 4.78 is 6.57. The lowest BCUT2D eigenvalue weighted by molar-refractivity contribution is -0.132. The molecule has 3 rings (SSSR count). The lowest BCUT2D eigenvalue weighted by Crippen LogP contribution is -2.51. The Bertz CT molecular complexity index is 802. The molecule has 1 aromatic rings. The van der Waals surface area contributed by atoms with Crippen molar-refractivity contribution in [3.8, 4) is 11.5 Å². The molecule has 0 bridgehead atoms. The van der Waals surface area contributed by atoms with Gasteiger partial charge in [0, 0.05) is 31.0 Å². The van der Waals surface area contributed by atoms with E-state index in [4.69, 9.17) is 4.74 Å². The maximum Gasteiger partial charge on any atom is 0.219 e. The molecule has 0 saturated heterocycles. The predicted molar refractivity (Wildman–Crippen MR) is 131 cm³/mol. The molecule has 0 radical (unpaired) electrons. The van der Waals surface area contributed by atoms with Crippen LogP contribution < -0.4 is 4.74 Å². The second-order valence-corrected chi connectivity index (χ2v) is 10.9. The SMILES string of the molecule is CCCCCC(C)C(C)c1cc(O)c2c(c1)OC(C)(C)[C@@H]1CCC(N(CC)C(C)=O)C[C@@H]21. The number of nitrogens with zero attached hydrogens (tertiary/aromatic N) is 1. The number of rotatable bonds is 8. The van der Waals surface area contributed by atoms with Crippen molar-refractivity contribution in [2.75, 3.05) is 6.54 Å². The van der Waals surface area contributed by atoms with Gasteiger partial charge < -0.3 is 14.7 Å². The van der Waals surface area contributed by atoms with Gasteiger partial charge in [-0.25, -0.2) is 0 Å². The van der Waals surface area contributed by atoms with Crippen LogP contribution in [0.15, 0.2) is 12.1 Å². The zero-order valence-corrected chi connectivity index (χ0v) is 21.4. The van der Waals surface area contributed by atoms with E-state index in [2.05, 4.69) is 47.6 Å². The lowest BCUT2D eigenvalue weighted by atomic mass is 9.65. The van der Waals surface area contributed by atoms with Crippen LogP contribution in [0.4, 0.5) is 0 Å². The van der Waals surface area contributed by atoms with Crippen LogP contribution in [0.5, 0.6) is 11.5 Å². The average Bonchev–Trinajstić information content (AvgIpc) is 2.72. The molecule has 4 heteroatoms. The number of phenolic OH excluding ortho intramolecular Hbond substituents is 1. The summed E-state index contributed by atoms with van der Waals surface area (Å²) in [4.78, 5) is 14.2. The van der Waals surface area contributed by atoms with Gasteiger partial charge in [-0.15, -0.1) is 0 Å². The van der Waals surface area contributed by atoms with E-state index in [-0.39, 0.29) is 23.5 Å². The number of ether oxygens (including phenoxy) is 1. The van der Waals surface area contributed by atoms with Crippen molar-refractivity contribution >= 4 is 5.91 Å². The summed E-state index contributed by atoms with van der Waals surface area (Å²) in [6.07, 6.45) is 7.91. The van der Waals surface area contributed by atoms with Gasteiger partial charge in [-0.2, -0.15) is 0 Å². The molecular weight excluding hydrogens is 398 g/mol. The number of hydrogen-bond donors (Lipinski definition) is 1. The van der Waals surface area contributed by atoms with Crippen molar-refractivity contribution in [3.63, 3.8) is 0 Å². The van der Waals surface area contributed by atoms with E-state index in [1.807, 2.05) is 11.0 Å². The highest BCUT2D eigenvalue weighted by Crippen LogP contribution is 2.55. The third-order valence-corrected chi connectivity index (χ3v) is 8.43. The molecule has 0 aromatic heterocycles. The normalized spacial score (nSPS) is 25.8. The number of amides is 1. The van der Waals surface area contributed by atoms with Crippen LogP contribution in [-0.2, 0) is 4.79 Å². The van der Waals surface area contributed by atoms with E-state index in [1.165, 1.54) is 31.2 Å². The molecule has 180 valence electrons. The zero-order valence-electron chi connectivity index (χ0n) is 21.4. The molecule has 1 heterocycles. The Balaban J connectivity index is 1.91. The van der Waals surface area contributed by atoms with Crippen molar-refractivity contribution < 1.29 is 14.6 Å². The van der Waals surface area contributed by atoms with Gasteiger partial charge in [0.1, 0.15) is 17.1 Å². The molecule has 32 heavy (non-hydrogen) atoms. The summed E-state index contributed by atoms with van der Waals surface area (Å²) in [6, 6.07) is 4.42. The van der Waals surface area contributed by atoms with Gasteiger partial charge >= 0.3 is 0 Å². The topological polar surface area (TPSA) is 49.8 Å². The van der Waals surface area contributed by atoms with Crippen molar-refractivity contribution in [2.24, 2.45) is 11.8 Å². The molecule has 1 saturated carbocycles. The number of carbonyl (C=O) groups excluding carboxylic acids is 1. The molecule has 0 spiro atoms. The predicted octanol–water partition coefficient (Wildman–Crippen LogP) is 7.00. The molecule has 1 aliphatic carbocycles. The quantitative estimate of drug-likeness (QED) is 0.440. The van der Waals surface area contributed by atoms with Crippen LogP contribution in [0.2, 0.25) is 0 Å². The summed E-state index contributed by atoms with van der Waals surface area (Å²) in [5.41, 5.74) is 1.86. The second-order valence-electron chi connectivity index (χ2n) is 10.9. The number of aromatic hydroxyl groups is 1. The van der Waals surface area contributed by atoms with E-state index in [1.54, 1.807) is 6.92 Å². The van der Waals surface area contributed by atoms with Gasteiger partial charge in [0.05, 0.1) is 0 Å². The Morgan fingerprint density at radius 3 is 2.56 bits per heavy atom. The first-order valence-electron chi connectivity index (χ1n) is 12.9. The van der Waals surface area contributed by atoms with Gasteiger partial charge in [-0.1, -0.05) is 46.5 Å². The van der Waals surface area contributed by atoms with Crippen LogP contribution >= 0.6 is 0 Å². The minimum absolute atomic E-state index is 0.146. The molecule has 1 amide bonds. The Kier molecular flexibility index (Phi) is 7.83. The minimum Gasteiger partial charge on any atom is -0.508 e. The summed E-state index contributed by atoms with van der Waals surface area (Å²) >= 11 is 0. The summed E-state index contributed by atoms with van der Waals surface area (Å²) in [5.74, 6) is 2.88. The van der Waals surface area contributed by atoms with E-state index in [0.29, 0.717) is 23.5 Å². The molecule has 1 aliphatic heterocycles. The maximum atomic E-state index is 12.2. The fourth-order valence-electron chi connectivity index (χ4n) is 6.33. The molecule has 4 nitrogen and oxygen atoms in total. The zero-order chi connectivity index (χ0) is 23.6. The molecule has 1 fully saturated rings. The van der Waals surface area contributed by atoms with Crippen LogP contribution in [0, 0.1) is 11.8 Å². The monoisotopic (exact) mass is 443 g/mol. The number of phenols is 1. The van der Waals surface area contributed by atoms with E-state index < -0.39 is 0 Å². The van der Waals surface area contributed by atoms with Crippen molar-refractivity contribution in [1.29, 1.82) is 0 Å². The maximum absolute atomic E-state index is 12.2. The van der Waals surface area contributed by atoms with Gasteiger partial charge in [0.15, 0.2) is 0 Å². The van der Waals surface area contributed by atoms with Gasteiger partial charge in [-0.3, -0.25) is 4.79 Å². The van der Waals surface area contributed by atoms with Crippen molar-refractivity contribution in [3.05, 3.63) is 23.3 Å². The Hall–Kier alpha value is -1.71. The molecule has 1 N–H and O–H groups in total. The number of unbranched alkanes of at least 4 members (excludes halogenated alkanes) is 2. The van der Waals surface area contributed by atoms with E-state index >= 15 is 0 Å². The van der Waals surface area contributed by atoms with Crippen LogP contribution in [0.3, 0.4) is 0 Å². The molecule has 2 aliphatic rings. The third kappa shape index (κ3) is 4.94. The first kappa shape index (κ1) is 24.9. The van der Waals surface area contributed by atoms with E-state index in [9.17, 15) is 9.90 Å². The summed E-state index contributed by atoms with van der Waals surface area (Å²) in [7, 11) is 0. The smallest absolute Gasteiger partial charge is 0.219 e. The Morgan fingerprint density at radius 1 is 1.22 bits per heavy atom. The first-order valence-corrected chi connectivity index (χ1v) is 12.9. The molecule has 3 unspecified atom stereocenters. The number of hydrogen-bond acceptors (Lipinski definition) is 3. The third-order valence-electron chi connectivity index (χ3n) is 8.43. The number of benzene rings is 1. The highest BCUT2D eigenvalue weighted by atomic mass is 16.5. The van der Waals surface area contributed by atoms with Gasteiger partial charge in [-0.05, 0) is 75.5 Å². The van der Waals surface area contributed by atoms with Gasteiger partial charge in [0.2, 0.25) is 5.91 Å². The Morgan fingerprint density at radius 2 is 1.94 bits per heavy atom. The number of carbonyl (C=O) groups is 1. The standard InChI is InChI=1S/C28H45NO3/c1-8-10-11-12-18(3)19(4)21-15-25(31)27-23-17-22(29(9-2)20(5)30)13-14-24(23)28(6,7)32-26(27)16-21/h15-16,18-19,22-24,31H,8-14,17H2,1-7H3/t18?,19?,22?,23-,24-/m1/s1. The minimum atomic E-state index is -0.281. The fourth-order valence-corrected chi connectivity index (χ4v) is 6.33. The first-order chi connectivity index (χ1) is 15.1. The second kappa shape index (κ2) is 10.1. The van der Waals surface area contributed by atoms with Crippen molar-refractivity contribution in [2.45, 2.75) is 117 Å². The summed E-state index contributed by atoms with van der Waals surface area (Å²) in [5, 5.41) is 11.2. The largest absolute Gasteiger partial charge is 0.508 e. The Labute approximate surface area is 195 Å². The van der Waals surface area contributed by atoms with Crippen LogP contribution in [0.1, 0.15) is 116 Å². The fraction of sp³-hybridized carbons (Fsp3) is 0.750. The van der Waals surface area contributed by atoms with E-state index in [0.717, 1.165) is 37.1 Å². The highest BCUT2D eigenvalue weighted by molar-refractivity contribution is 5.73. The molecule has 5 atom stereocenters. The van der Waals surface area contributed by atoms with Gasteiger partial charge in [0.25, 0.3) is 0 Å². The van der Waals surface area contributed by atoms with Crippen LogP contribution in [0.25, 0.3) is 0 Å². The average molecular weight is 444 g/mol. The molecule has 1 aromatic carbocycles. The molecular formula is C28H45NO3. The lowest BCUT2D eigenvalue weighted by Gasteiger charge is -2.50. The highest BCUT2D eigenvalue weighted by Gasteiger charge is 2.48. The van der Waals surface area contributed by atoms with Crippen molar-refractivity contribution in [1.82, 2.24) is 4.90 Å². The van der Waals surface area contributed by atoms with Crippen LogP contribution in [-0.4, -0.2) is 34.1 Å².